The zero-order valence-electron chi connectivity index (χ0n) is 8.77. The highest BCUT2D eigenvalue weighted by Crippen LogP contribution is 2.28. The summed E-state index contributed by atoms with van der Waals surface area (Å²) < 4.78 is 0. The molecule has 0 aromatic carbocycles. The van der Waals surface area contributed by atoms with Crippen LogP contribution in [-0.4, -0.2) is 12.6 Å². The van der Waals surface area contributed by atoms with Crippen molar-refractivity contribution < 1.29 is 0 Å². The lowest BCUT2D eigenvalue weighted by molar-refractivity contribution is 0.283. The van der Waals surface area contributed by atoms with Crippen LogP contribution in [0.5, 0.6) is 0 Å². The van der Waals surface area contributed by atoms with E-state index in [0.717, 1.165) is 11.8 Å². The molecule has 12 heavy (non-hydrogen) atoms. The van der Waals surface area contributed by atoms with Crippen molar-refractivity contribution in [2.75, 3.05) is 6.54 Å². The first-order valence-electron chi connectivity index (χ1n) is 5.43. The van der Waals surface area contributed by atoms with Crippen molar-refractivity contribution in [1.29, 1.82) is 0 Å². The Bertz CT molecular complexity index is 116. The van der Waals surface area contributed by atoms with E-state index in [9.17, 15) is 0 Å². The molecule has 0 aliphatic heterocycles. The molecule has 1 aliphatic carbocycles. The van der Waals surface area contributed by atoms with Gasteiger partial charge in [0.15, 0.2) is 0 Å². The Morgan fingerprint density at radius 1 is 1.25 bits per heavy atom. The highest BCUT2D eigenvalue weighted by molar-refractivity contribution is 4.72. The van der Waals surface area contributed by atoms with Crippen LogP contribution in [0.2, 0.25) is 0 Å². The summed E-state index contributed by atoms with van der Waals surface area (Å²) in [5, 5.41) is 3.58. The average molecular weight is 169 g/mol. The van der Waals surface area contributed by atoms with Gasteiger partial charge in [-0.15, -0.1) is 0 Å². The van der Waals surface area contributed by atoms with E-state index >= 15 is 0 Å². The van der Waals surface area contributed by atoms with E-state index < -0.39 is 0 Å². The quantitative estimate of drug-likeness (QED) is 0.667. The number of hydrogen-bond acceptors (Lipinski definition) is 1. The molecule has 0 saturated heterocycles. The zero-order valence-corrected chi connectivity index (χ0v) is 8.77. The van der Waals surface area contributed by atoms with Crippen LogP contribution in [0.1, 0.15) is 46.5 Å². The molecule has 1 saturated carbocycles. The second kappa shape index (κ2) is 4.86. The lowest BCUT2D eigenvalue weighted by atomic mass is 9.83. The van der Waals surface area contributed by atoms with Crippen LogP contribution in [0.3, 0.4) is 0 Å². The summed E-state index contributed by atoms with van der Waals surface area (Å²) in [5.41, 5.74) is 0. The van der Waals surface area contributed by atoms with E-state index in [1.54, 1.807) is 0 Å². The van der Waals surface area contributed by atoms with Gasteiger partial charge in [0.1, 0.15) is 0 Å². The molecule has 1 atom stereocenters. The lowest BCUT2D eigenvalue weighted by Gasteiger charge is -2.26. The van der Waals surface area contributed by atoms with E-state index in [1.165, 1.54) is 32.2 Å². The fourth-order valence-corrected chi connectivity index (χ4v) is 1.53. The largest absolute Gasteiger partial charge is 0.314 e. The van der Waals surface area contributed by atoms with Crippen LogP contribution in [0, 0.1) is 11.8 Å². The summed E-state index contributed by atoms with van der Waals surface area (Å²) in [6, 6.07) is 0.685. The van der Waals surface area contributed by atoms with Gasteiger partial charge in [0.05, 0.1) is 0 Å². The maximum absolute atomic E-state index is 3.58. The lowest BCUT2D eigenvalue weighted by Crippen LogP contribution is -2.33. The van der Waals surface area contributed by atoms with Crippen LogP contribution in [0.15, 0.2) is 0 Å². The highest BCUT2D eigenvalue weighted by Gasteiger charge is 2.16. The molecule has 1 N–H and O–H groups in total. The third-order valence-corrected chi connectivity index (χ3v) is 3.24. The molecule has 1 heteroatoms. The minimum Gasteiger partial charge on any atom is -0.314 e. The zero-order chi connectivity index (χ0) is 8.97. The van der Waals surface area contributed by atoms with E-state index in [1.807, 2.05) is 0 Å². The van der Waals surface area contributed by atoms with Crippen molar-refractivity contribution >= 4 is 0 Å². The predicted octanol–water partition coefficient (Wildman–Crippen LogP) is 2.81. The summed E-state index contributed by atoms with van der Waals surface area (Å²) in [5.74, 6) is 1.82. The van der Waals surface area contributed by atoms with Crippen LogP contribution in [0.25, 0.3) is 0 Å². The van der Waals surface area contributed by atoms with E-state index in [4.69, 9.17) is 0 Å². The van der Waals surface area contributed by atoms with Gasteiger partial charge >= 0.3 is 0 Å². The Balaban J connectivity index is 1.93. The Kier molecular flexibility index (Phi) is 4.07. The molecule has 0 amide bonds. The van der Waals surface area contributed by atoms with Gasteiger partial charge in [-0.25, -0.2) is 0 Å². The molecule has 0 bridgehead atoms. The van der Waals surface area contributed by atoms with E-state index in [2.05, 4.69) is 26.1 Å². The standard InChI is InChI=1S/C11H23N/c1-9(2)10(3)12-8-7-11-5-4-6-11/h9-12H,4-8H2,1-3H3. The fourth-order valence-electron chi connectivity index (χ4n) is 1.53. The summed E-state index contributed by atoms with van der Waals surface area (Å²) >= 11 is 0. The SMILES string of the molecule is CC(C)C(C)NCCC1CCC1. The van der Waals surface area contributed by atoms with Gasteiger partial charge in [-0.05, 0) is 31.7 Å². The third-order valence-electron chi connectivity index (χ3n) is 3.24. The first-order chi connectivity index (χ1) is 5.70. The van der Waals surface area contributed by atoms with E-state index in [-0.39, 0.29) is 0 Å². The monoisotopic (exact) mass is 169 g/mol. The number of rotatable bonds is 5. The molecule has 1 fully saturated rings. The summed E-state index contributed by atoms with van der Waals surface area (Å²) in [6.45, 7) is 8.07. The molecular weight excluding hydrogens is 146 g/mol. The van der Waals surface area contributed by atoms with Crippen molar-refractivity contribution in [3.63, 3.8) is 0 Å². The number of nitrogens with one attached hydrogen (secondary N) is 1. The maximum atomic E-state index is 3.58. The summed E-state index contributed by atoms with van der Waals surface area (Å²) in [4.78, 5) is 0. The fraction of sp³-hybridized carbons (Fsp3) is 1.00. The molecular formula is C11H23N. The van der Waals surface area contributed by atoms with Crippen molar-refractivity contribution in [3.05, 3.63) is 0 Å². The van der Waals surface area contributed by atoms with Crippen molar-refractivity contribution in [3.8, 4) is 0 Å². The Hall–Kier alpha value is -0.0400. The Morgan fingerprint density at radius 3 is 2.33 bits per heavy atom. The molecule has 1 rings (SSSR count). The smallest absolute Gasteiger partial charge is 0.00617 e. The molecule has 0 heterocycles. The van der Waals surface area contributed by atoms with Gasteiger partial charge in [-0.3, -0.25) is 0 Å². The van der Waals surface area contributed by atoms with Gasteiger partial charge in [0.25, 0.3) is 0 Å². The molecule has 0 aromatic rings. The van der Waals surface area contributed by atoms with Crippen molar-refractivity contribution in [2.24, 2.45) is 11.8 Å². The molecule has 0 aromatic heterocycles. The normalized spacial score (nSPS) is 21.0. The third kappa shape index (κ3) is 3.14. The molecule has 0 radical (unpaired) electrons. The van der Waals surface area contributed by atoms with Gasteiger partial charge in [0.2, 0.25) is 0 Å². The first kappa shape index (κ1) is 10.0. The second-order valence-corrected chi connectivity index (χ2v) is 4.57. The summed E-state index contributed by atoms with van der Waals surface area (Å²) in [7, 11) is 0. The predicted molar refractivity (Wildman–Crippen MR) is 54.3 cm³/mol. The molecule has 0 spiro atoms. The second-order valence-electron chi connectivity index (χ2n) is 4.57. The molecule has 1 nitrogen and oxygen atoms in total. The molecule has 1 unspecified atom stereocenters. The minimum atomic E-state index is 0.685. The highest BCUT2D eigenvalue weighted by atomic mass is 14.9. The molecule has 1 aliphatic rings. The van der Waals surface area contributed by atoms with Crippen molar-refractivity contribution in [1.82, 2.24) is 5.32 Å². The van der Waals surface area contributed by atoms with Gasteiger partial charge < -0.3 is 5.32 Å². The molecule has 72 valence electrons. The maximum Gasteiger partial charge on any atom is 0.00617 e. The van der Waals surface area contributed by atoms with Crippen LogP contribution in [0.4, 0.5) is 0 Å². The number of hydrogen-bond donors (Lipinski definition) is 1. The summed E-state index contributed by atoms with van der Waals surface area (Å²) in [6.07, 6.45) is 5.84. The topological polar surface area (TPSA) is 12.0 Å². The van der Waals surface area contributed by atoms with Gasteiger partial charge in [-0.2, -0.15) is 0 Å². The van der Waals surface area contributed by atoms with Crippen LogP contribution >= 0.6 is 0 Å². The minimum absolute atomic E-state index is 0.685. The van der Waals surface area contributed by atoms with Crippen LogP contribution in [-0.2, 0) is 0 Å². The Morgan fingerprint density at radius 2 is 1.92 bits per heavy atom. The van der Waals surface area contributed by atoms with E-state index in [0.29, 0.717) is 6.04 Å². The Labute approximate surface area is 76.9 Å². The first-order valence-corrected chi connectivity index (χ1v) is 5.43. The van der Waals surface area contributed by atoms with Gasteiger partial charge in [-0.1, -0.05) is 33.1 Å². The van der Waals surface area contributed by atoms with Gasteiger partial charge in [0, 0.05) is 6.04 Å². The van der Waals surface area contributed by atoms with Crippen LogP contribution < -0.4 is 5.32 Å². The average Bonchev–Trinajstić information content (AvgIpc) is 1.93. The van der Waals surface area contributed by atoms with Crippen molar-refractivity contribution in [2.45, 2.75) is 52.5 Å².